The van der Waals surface area contributed by atoms with Crippen LogP contribution in [0, 0.1) is 5.41 Å². The normalized spacial score (nSPS) is 31.1. The highest BCUT2D eigenvalue weighted by Gasteiger charge is 2.39. The summed E-state index contributed by atoms with van der Waals surface area (Å²) in [5, 5.41) is 12.7. The first kappa shape index (κ1) is 15.3. The number of amides is 1. The van der Waals surface area contributed by atoms with Gasteiger partial charge >= 0.3 is 5.97 Å². The highest BCUT2D eigenvalue weighted by atomic mass is 16.4. The summed E-state index contributed by atoms with van der Waals surface area (Å²) in [6.07, 6.45) is 6.49. The van der Waals surface area contributed by atoms with Crippen molar-refractivity contribution in [1.82, 2.24) is 10.2 Å². The molecule has 2 N–H and O–H groups in total. The number of carbonyl (C=O) groups is 2. The fourth-order valence-corrected chi connectivity index (χ4v) is 3.25. The third-order valence-corrected chi connectivity index (χ3v) is 4.68. The van der Waals surface area contributed by atoms with Crippen molar-refractivity contribution in [2.45, 2.75) is 57.9 Å². The van der Waals surface area contributed by atoms with Gasteiger partial charge in [-0.05, 0) is 45.6 Å². The van der Waals surface area contributed by atoms with E-state index in [1.54, 1.807) is 11.8 Å². The van der Waals surface area contributed by atoms with E-state index in [0.717, 1.165) is 25.8 Å². The monoisotopic (exact) mass is 282 g/mol. The number of aliphatic carboxylic acids is 1. The minimum Gasteiger partial charge on any atom is -0.481 e. The Bertz CT molecular complexity index is 366. The lowest BCUT2D eigenvalue weighted by Crippen LogP contribution is -2.48. The van der Waals surface area contributed by atoms with Crippen LogP contribution >= 0.6 is 0 Å². The second-order valence-corrected chi connectivity index (χ2v) is 6.47. The quantitative estimate of drug-likeness (QED) is 0.822. The van der Waals surface area contributed by atoms with Crippen molar-refractivity contribution in [3.05, 3.63) is 0 Å². The van der Waals surface area contributed by atoms with Crippen molar-refractivity contribution in [3.8, 4) is 0 Å². The summed E-state index contributed by atoms with van der Waals surface area (Å²) < 4.78 is 0. The molecule has 0 saturated carbocycles. The van der Waals surface area contributed by atoms with Crippen LogP contribution in [0.5, 0.6) is 0 Å². The van der Waals surface area contributed by atoms with Crippen molar-refractivity contribution in [2.24, 2.45) is 5.41 Å². The summed E-state index contributed by atoms with van der Waals surface area (Å²) in [5.74, 6) is -0.673. The first-order valence-corrected chi connectivity index (χ1v) is 7.76. The summed E-state index contributed by atoms with van der Waals surface area (Å²) in [6, 6.07) is 0.461. The molecule has 0 spiro atoms. The van der Waals surface area contributed by atoms with Crippen LogP contribution in [0.2, 0.25) is 0 Å². The standard InChI is InChI=1S/C15H26N2O3/c1-15(14(19)20)8-4-10-17(11-15)13(18)7-6-12-5-2-3-9-16-12/h12,16H,2-11H2,1H3,(H,19,20). The lowest BCUT2D eigenvalue weighted by atomic mass is 9.82. The zero-order chi connectivity index (χ0) is 14.6. The van der Waals surface area contributed by atoms with E-state index in [9.17, 15) is 14.7 Å². The Morgan fingerprint density at radius 3 is 2.80 bits per heavy atom. The van der Waals surface area contributed by atoms with Crippen molar-refractivity contribution in [3.63, 3.8) is 0 Å². The molecular weight excluding hydrogens is 256 g/mol. The molecule has 5 nitrogen and oxygen atoms in total. The van der Waals surface area contributed by atoms with Gasteiger partial charge in [0, 0.05) is 25.6 Å². The summed E-state index contributed by atoms with van der Waals surface area (Å²) in [7, 11) is 0. The number of hydrogen-bond acceptors (Lipinski definition) is 3. The highest BCUT2D eigenvalue weighted by molar-refractivity contribution is 5.79. The van der Waals surface area contributed by atoms with Crippen molar-refractivity contribution < 1.29 is 14.7 Å². The predicted octanol–water partition coefficient (Wildman–Crippen LogP) is 1.62. The molecule has 5 heteroatoms. The van der Waals surface area contributed by atoms with Crippen LogP contribution in [-0.2, 0) is 9.59 Å². The van der Waals surface area contributed by atoms with Gasteiger partial charge in [-0.15, -0.1) is 0 Å². The van der Waals surface area contributed by atoms with E-state index < -0.39 is 11.4 Å². The molecule has 0 aliphatic carbocycles. The molecule has 0 aromatic rings. The average Bonchev–Trinajstić information content (AvgIpc) is 2.46. The molecule has 0 bridgehead atoms. The van der Waals surface area contributed by atoms with Crippen molar-refractivity contribution >= 4 is 11.9 Å². The molecule has 2 aliphatic heterocycles. The number of carboxylic acid groups (broad SMARTS) is 1. The zero-order valence-electron chi connectivity index (χ0n) is 12.4. The number of carboxylic acids is 1. The summed E-state index contributed by atoms with van der Waals surface area (Å²) in [6.45, 7) is 3.87. The Morgan fingerprint density at radius 1 is 1.35 bits per heavy atom. The Hall–Kier alpha value is -1.10. The van der Waals surface area contributed by atoms with Gasteiger partial charge in [-0.2, -0.15) is 0 Å². The fraction of sp³-hybridized carbons (Fsp3) is 0.867. The lowest BCUT2D eigenvalue weighted by Gasteiger charge is -2.37. The molecule has 2 heterocycles. The van der Waals surface area contributed by atoms with E-state index in [1.165, 1.54) is 12.8 Å². The van der Waals surface area contributed by atoms with Gasteiger partial charge in [0.2, 0.25) is 5.91 Å². The Balaban J connectivity index is 1.81. The first-order valence-electron chi connectivity index (χ1n) is 7.76. The van der Waals surface area contributed by atoms with Gasteiger partial charge in [-0.1, -0.05) is 6.42 Å². The van der Waals surface area contributed by atoms with E-state index >= 15 is 0 Å². The number of carbonyl (C=O) groups excluding carboxylic acids is 1. The van der Waals surface area contributed by atoms with Crippen LogP contribution in [0.25, 0.3) is 0 Å². The molecule has 2 unspecified atom stereocenters. The number of likely N-dealkylation sites (tertiary alicyclic amines) is 1. The smallest absolute Gasteiger partial charge is 0.311 e. The number of nitrogens with zero attached hydrogens (tertiary/aromatic N) is 1. The minimum absolute atomic E-state index is 0.115. The number of nitrogens with one attached hydrogen (secondary N) is 1. The van der Waals surface area contributed by atoms with Gasteiger partial charge in [-0.3, -0.25) is 9.59 Å². The Kier molecular flexibility index (Phi) is 5.02. The molecule has 0 radical (unpaired) electrons. The maximum absolute atomic E-state index is 12.3. The maximum Gasteiger partial charge on any atom is 0.311 e. The SMILES string of the molecule is CC1(C(=O)O)CCCN(C(=O)CCC2CCCCN2)C1. The number of hydrogen-bond donors (Lipinski definition) is 2. The van der Waals surface area contributed by atoms with E-state index in [-0.39, 0.29) is 5.91 Å². The Labute approximate surface area is 120 Å². The average molecular weight is 282 g/mol. The molecule has 2 atom stereocenters. The molecule has 2 saturated heterocycles. The van der Waals surface area contributed by atoms with Crippen LogP contribution in [0.15, 0.2) is 0 Å². The van der Waals surface area contributed by atoms with E-state index in [4.69, 9.17) is 0 Å². The van der Waals surface area contributed by atoms with Gasteiger partial charge in [0.15, 0.2) is 0 Å². The lowest BCUT2D eigenvalue weighted by molar-refractivity contribution is -0.153. The second-order valence-electron chi connectivity index (χ2n) is 6.47. The molecule has 0 aromatic carbocycles. The number of piperidine rings is 2. The molecule has 0 aromatic heterocycles. The molecule has 114 valence electrons. The molecule has 20 heavy (non-hydrogen) atoms. The van der Waals surface area contributed by atoms with Crippen LogP contribution in [0.3, 0.4) is 0 Å². The third-order valence-electron chi connectivity index (χ3n) is 4.68. The van der Waals surface area contributed by atoms with Crippen LogP contribution in [0.4, 0.5) is 0 Å². The molecular formula is C15H26N2O3. The maximum atomic E-state index is 12.3. The van der Waals surface area contributed by atoms with Crippen LogP contribution < -0.4 is 5.32 Å². The van der Waals surface area contributed by atoms with Gasteiger partial charge < -0.3 is 15.3 Å². The van der Waals surface area contributed by atoms with Gasteiger partial charge in [0.1, 0.15) is 0 Å². The van der Waals surface area contributed by atoms with Crippen molar-refractivity contribution in [2.75, 3.05) is 19.6 Å². The predicted molar refractivity (Wildman–Crippen MR) is 76.4 cm³/mol. The topological polar surface area (TPSA) is 69.6 Å². The van der Waals surface area contributed by atoms with Gasteiger partial charge in [0.05, 0.1) is 5.41 Å². The second kappa shape index (κ2) is 6.57. The number of rotatable bonds is 4. The van der Waals surface area contributed by atoms with E-state index in [1.807, 2.05) is 0 Å². The third kappa shape index (κ3) is 3.72. The molecule has 2 rings (SSSR count). The van der Waals surface area contributed by atoms with E-state index in [2.05, 4.69) is 5.32 Å². The van der Waals surface area contributed by atoms with E-state index in [0.29, 0.717) is 32.0 Å². The van der Waals surface area contributed by atoms with Gasteiger partial charge in [-0.25, -0.2) is 0 Å². The molecule has 2 aliphatic rings. The summed E-state index contributed by atoms with van der Waals surface area (Å²) in [5.41, 5.74) is -0.767. The highest BCUT2D eigenvalue weighted by Crippen LogP contribution is 2.30. The van der Waals surface area contributed by atoms with Crippen LogP contribution in [-0.4, -0.2) is 47.6 Å². The molecule has 1 amide bonds. The van der Waals surface area contributed by atoms with Crippen LogP contribution in [0.1, 0.15) is 51.9 Å². The molecule has 2 fully saturated rings. The zero-order valence-corrected chi connectivity index (χ0v) is 12.4. The van der Waals surface area contributed by atoms with Crippen molar-refractivity contribution in [1.29, 1.82) is 0 Å². The first-order chi connectivity index (χ1) is 9.51. The summed E-state index contributed by atoms with van der Waals surface area (Å²) >= 11 is 0. The van der Waals surface area contributed by atoms with Gasteiger partial charge in [0.25, 0.3) is 0 Å². The minimum atomic E-state index is -0.788. The Morgan fingerprint density at radius 2 is 2.15 bits per heavy atom. The largest absolute Gasteiger partial charge is 0.481 e. The fourth-order valence-electron chi connectivity index (χ4n) is 3.25. The summed E-state index contributed by atoms with van der Waals surface area (Å²) in [4.78, 5) is 25.3.